The number of hydrogen-bond donors (Lipinski definition) is 1. The molecule has 1 aliphatic rings. The Bertz CT molecular complexity index is 416. The quantitative estimate of drug-likeness (QED) is 0.874. The zero-order valence-electron chi connectivity index (χ0n) is 12.5. The molecule has 2 atom stereocenters. The molecule has 0 aromatic carbocycles. The fraction of sp³-hybridized carbons (Fsp3) is 0.688. The number of carbonyl (C=O) groups is 1. The van der Waals surface area contributed by atoms with Crippen LogP contribution >= 0.6 is 11.3 Å². The smallest absolute Gasteiger partial charge is 0.223 e. The molecule has 2 rings (SSSR count). The molecule has 1 aliphatic heterocycles. The lowest BCUT2D eigenvalue weighted by Crippen LogP contribution is -2.33. The highest BCUT2D eigenvalue weighted by Gasteiger charge is 2.31. The van der Waals surface area contributed by atoms with Gasteiger partial charge >= 0.3 is 0 Å². The standard InChI is InChI=1S/C16H26N2OS/c1-12(2)8-13(10-17)9-16(19)18-6-3-4-15(18)14-5-7-20-11-14/h5,7,11-13,15H,3-4,6,8-10,17H2,1-2H3. The van der Waals surface area contributed by atoms with Crippen molar-refractivity contribution in [3.05, 3.63) is 22.4 Å². The Morgan fingerprint density at radius 2 is 2.35 bits per heavy atom. The van der Waals surface area contributed by atoms with E-state index in [0.29, 0.717) is 30.8 Å². The lowest BCUT2D eigenvalue weighted by atomic mass is 9.93. The summed E-state index contributed by atoms with van der Waals surface area (Å²) in [5.74, 6) is 1.21. The Morgan fingerprint density at radius 3 is 2.95 bits per heavy atom. The van der Waals surface area contributed by atoms with Crippen LogP contribution in [0.2, 0.25) is 0 Å². The highest BCUT2D eigenvalue weighted by Crippen LogP contribution is 2.34. The first-order valence-electron chi connectivity index (χ1n) is 7.63. The van der Waals surface area contributed by atoms with Crippen molar-refractivity contribution in [3.8, 4) is 0 Å². The van der Waals surface area contributed by atoms with Crippen LogP contribution in [0.5, 0.6) is 0 Å². The first-order valence-corrected chi connectivity index (χ1v) is 8.57. The molecular formula is C16H26N2OS. The Morgan fingerprint density at radius 1 is 1.55 bits per heavy atom. The molecule has 0 bridgehead atoms. The fourth-order valence-electron chi connectivity index (χ4n) is 3.17. The molecule has 1 aromatic heterocycles. The SMILES string of the molecule is CC(C)CC(CN)CC(=O)N1CCCC1c1ccsc1. The van der Waals surface area contributed by atoms with Gasteiger partial charge in [0.1, 0.15) is 0 Å². The summed E-state index contributed by atoms with van der Waals surface area (Å²) in [6, 6.07) is 2.45. The minimum absolute atomic E-state index is 0.287. The first kappa shape index (κ1) is 15.5. The lowest BCUT2D eigenvalue weighted by Gasteiger charge is -2.26. The fourth-order valence-corrected chi connectivity index (χ4v) is 3.88. The molecular weight excluding hydrogens is 268 g/mol. The number of hydrogen-bond acceptors (Lipinski definition) is 3. The van der Waals surface area contributed by atoms with Crippen LogP contribution in [-0.2, 0) is 4.79 Å². The Hall–Kier alpha value is -0.870. The molecule has 1 aromatic rings. The molecule has 1 fully saturated rings. The second-order valence-electron chi connectivity index (χ2n) is 6.24. The van der Waals surface area contributed by atoms with E-state index in [1.807, 2.05) is 0 Å². The van der Waals surface area contributed by atoms with E-state index in [4.69, 9.17) is 5.73 Å². The second-order valence-corrected chi connectivity index (χ2v) is 7.02. The van der Waals surface area contributed by atoms with Gasteiger partial charge in [-0.05, 0) is 60.0 Å². The normalized spacial score (nSPS) is 20.6. The largest absolute Gasteiger partial charge is 0.336 e. The second kappa shape index (κ2) is 7.23. The molecule has 1 saturated heterocycles. The van der Waals surface area contributed by atoms with Crippen LogP contribution in [0.1, 0.15) is 51.1 Å². The van der Waals surface area contributed by atoms with Crippen molar-refractivity contribution in [1.29, 1.82) is 0 Å². The third-order valence-electron chi connectivity index (χ3n) is 4.10. The van der Waals surface area contributed by atoms with E-state index in [-0.39, 0.29) is 5.91 Å². The minimum Gasteiger partial charge on any atom is -0.336 e. The molecule has 2 heterocycles. The number of amides is 1. The van der Waals surface area contributed by atoms with Gasteiger partial charge in [-0.15, -0.1) is 0 Å². The summed E-state index contributed by atoms with van der Waals surface area (Å²) < 4.78 is 0. The monoisotopic (exact) mass is 294 g/mol. The summed E-state index contributed by atoms with van der Waals surface area (Å²) in [5, 5.41) is 4.27. The van der Waals surface area contributed by atoms with Crippen molar-refractivity contribution in [2.24, 2.45) is 17.6 Å². The summed E-state index contributed by atoms with van der Waals surface area (Å²) in [6.07, 6.45) is 3.86. The highest BCUT2D eigenvalue weighted by atomic mass is 32.1. The Kier molecular flexibility index (Phi) is 5.61. The van der Waals surface area contributed by atoms with Gasteiger partial charge in [-0.25, -0.2) is 0 Å². The topological polar surface area (TPSA) is 46.3 Å². The van der Waals surface area contributed by atoms with Gasteiger partial charge < -0.3 is 10.6 Å². The molecule has 4 heteroatoms. The van der Waals surface area contributed by atoms with E-state index < -0.39 is 0 Å². The van der Waals surface area contributed by atoms with E-state index in [1.54, 1.807) is 11.3 Å². The zero-order valence-corrected chi connectivity index (χ0v) is 13.4. The van der Waals surface area contributed by atoms with Crippen LogP contribution in [0.3, 0.4) is 0 Å². The van der Waals surface area contributed by atoms with E-state index in [2.05, 4.69) is 35.6 Å². The molecule has 0 saturated carbocycles. The van der Waals surface area contributed by atoms with Crippen molar-refractivity contribution >= 4 is 17.2 Å². The molecule has 2 N–H and O–H groups in total. The number of nitrogens with two attached hydrogens (primary N) is 1. The molecule has 0 aliphatic carbocycles. The molecule has 1 amide bonds. The zero-order chi connectivity index (χ0) is 14.5. The van der Waals surface area contributed by atoms with Gasteiger partial charge in [0, 0.05) is 13.0 Å². The van der Waals surface area contributed by atoms with Gasteiger partial charge in [0.2, 0.25) is 5.91 Å². The van der Waals surface area contributed by atoms with Crippen molar-refractivity contribution in [1.82, 2.24) is 4.90 Å². The Balaban J connectivity index is 1.97. The predicted octanol–water partition coefficient (Wildman–Crippen LogP) is 3.42. The molecule has 2 unspecified atom stereocenters. The van der Waals surface area contributed by atoms with Gasteiger partial charge in [-0.3, -0.25) is 4.79 Å². The number of thiophene rings is 1. The van der Waals surface area contributed by atoms with Crippen molar-refractivity contribution in [3.63, 3.8) is 0 Å². The highest BCUT2D eigenvalue weighted by molar-refractivity contribution is 7.07. The average molecular weight is 294 g/mol. The van der Waals surface area contributed by atoms with Crippen LogP contribution in [-0.4, -0.2) is 23.9 Å². The molecule has 20 heavy (non-hydrogen) atoms. The van der Waals surface area contributed by atoms with E-state index in [1.165, 1.54) is 5.56 Å². The van der Waals surface area contributed by atoms with Gasteiger partial charge in [-0.2, -0.15) is 11.3 Å². The minimum atomic E-state index is 0.287. The summed E-state index contributed by atoms with van der Waals surface area (Å²) in [7, 11) is 0. The Labute approximate surface area is 126 Å². The van der Waals surface area contributed by atoms with Gasteiger partial charge in [0.15, 0.2) is 0 Å². The summed E-state index contributed by atoms with van der Waals surface area (Å²) in [4.78, 5) is 14.6. The predicted molar refractivity (Wildman–Crippen MR) is 84.6 cm³/mol. The van der Waals surface area contributed by atoms with Gasteiger partial charge in [0.25, 0.3) is 0 Å². The van der Waals surface area contributed by atoms with Crippen molar-refractivity contribution in [2.45, 2.75) is 45.6 Å². The van der Waals surface area contributed by atoms with Gasteiger partial charge in [0.05, 0.1) is 6.04 Å². The molecule has 0 radical (unpaired) electrons. The van der Waals surface area contributed by atoms with E-state index in [0.717, 1.165) is 25.8 Å². The third kappa shape index (κ3) is 3.83. The van der Waals surface area contributed by atoms with E-state index in [9.17, 15) is 4.79 Å². The van der Waals surface area contributed by atoms with Crippen LogP contribution in [0.25, 0.3) is 0 Å². The van der Waals surface area contributed by atoms with Crippen LogP contribution in [0.15, 0.2) is 16.8 Å². The van der Waals surface area contributed by atoms with Crippen molar-refractivity contribution in [2.75, 3.05) is 13.1 Å². The van der Waals surface area contributed by atoms with Crippen molar-refractivity contribution < 1.29 is 4.79 Å². The summed E-state index contributed by atoms with van der Waals surface area (Å²) >= 11 is 1.71. The first-order chi connectivity index (χ1) is 9.61. The maximum absolute atomic E-state index is 12.6. The van der Waals surface area contributed by atoms with Crippen LogP contribution in [0.4, 0.5) is 0 Å². The molecule has 112 valence electrons. The maximum atomic E-state index is 12.6. The number of carbonyl (C=O) groups excluding carboxylic acids is 1. The lowest BCUT2D eigenvalue weighted by molar-refractivity contribution is -0.133. The van der Waals surface area contributed by atoms with E-state index >= 15 is 0 Å². The number of nitrogens with zero attached hydrogens (tertiary/aromatic N) is 1. The van der Waals surface area contributed by atoms with Crippen LogP contribution in [0, 0.1) is 11.8 Å². The van der Waals surface area contributed by atoms with Gasteiger partial charge in [-0.1, -0.05) is 13.8 Å². The number of likely N-dealkylation sites (tertiary alicyclic amines) is 1. The summed E-state index contributed by atoms with van der Waals surface area (Å²) in [6.45, 7) is 5.90. The van der Waals surface area contributed by atoms with Crippen LogP contribution < -0.4 is 5.73 Å². The maximum Gasteiger partial charge on any atom is 0.223 e. The third-order valence-corrected chi connectivity index (χ3v) is 4.80. The molecule has 3 nitrogen and oxygen atoms in total. The summed E-state index contributed by atoms with van der Waals surface area (Å²) in [5.41, 5.74) is 7.13. The number of rotatable bonds is 6. The average Bonchev–Trinajstić information content (AvgIpc) is 3.07. The molecule has 0 spiro atoms.